The van der Waals surface area contributed by atoms with Crippen LogP contribution in [0.25, 0.3) is 0 Å². The van der Waals surface area contributed by atoms with Crippen molar-refractivity contribution < 1.29 is 17.9 Å². The largest absolute Gasteiger partial charge is 0.447 e. The summed E-state index contributed by atoms with van der Waals surface area (Å²) in [4.78, 5) is 11.6. The number of rotatable bonds is 4. The Bertz CT molecular complexity index is 445. The lowest BCUT2D eigenvalue weighted by Crippen LogP contribution is -2.46. The Hall–Kier alpha value is -0.820. The quantitative estimate of drug-likeness (QED) is 0.853. The number of carbonyl (C=O) groups excluding carboxylic acids is 1. The van der Waals surface area contributed by atoms with Gasteiger partial charge >= 0.3 is 6.09 Å². The van der Waals surface area contributed by atoms with Crippen molar-refractivity contribution in [1.29, 1.82) is 0 Å². The molecule has 6 nitrogen and oxygen atoms in total. The van der Waals surface area contributed by atoms with E-state index in [1.807, 2.05) is 0 Å². The predicted octanol–water partition coefficient (Wildman–Crippen LogP) is 1.47. The second-order valence-electron chi connectivity index (χ2n) is 5.89. The van der Waals surface area contributed by atoms with Crippen LogP contribution in [0.2, 0.25) is 0 Å². The molecule has 1 saturated heterocycles. The van der Waals surface area contributed by atoms with Gasteiger partial charge in [-0.05, 0) is 39.5 Å². The third-order valence-corrected chi connectivity index (χ3v) is 5.97. The summed E-state index contributed by atoms with van der Waals surface area (Å²) in [5, 5.41) is 2.59. The van der Waals surface area contributed by atoms with Gasteiger partial charge in [-0.25, -0.2) is 13.2 Å². The molecule has 0 aromatic carbocycles. The van der Waals surface area contributed by atoms with Crippen LogP contribution in [0.15, 0.2) is 0 Å². The van der Waals surface area contributed by atoms with Crippen LogP contribution in [0.3, 0.4) is 0 Å². The standard InChI is InChI=1S/C13H24N2O4S/c1-10(2)19-13(16)14-11-5-3-4-8-15(9-11)20(17,18)12-6-7-12/h10-12H,3-9H2,1-2H3,(H,14,16). The molecule has 0 bridgehead atoms. The highest BCUT2D eigenvalue weighted by atomic mass is 32.2. The van der Waals surface area contributed by atoms with Gasteiger partial charge in [0.25, 0.3) is 0 Å². The van der Waals surface area contributed by atoms with E-state index in [0.29, 0.717) is 13.1 Å². The van der Waals surface area contributed by atoms with Gasteiger partial charge < -0.3 is 10.1 Å². The monoisotopic (exact) mass is 304 g/mol. The second kappa shape index (κ2) is 6.30. The van der Waals surface area contributed by atoms with Crippen molar-refractivity contribution in [3.05, 3.63) is 0 Å². The minimum Gasteiger partial charge on any atom is -0.447 e. The first-order chi connectivity index (χ1) is 9.39. The molecule has 0 aromatic rings. The van der Waals surface area contributed by atoms with Gasteiger partial charge in [0.2, 0.25) is 10.0 Å². The zero-order chi connectivity index (χ0) is 14.8. The third kappa shape index (κ3) is 4.09. The molecule has 1 saturated carbocycles. The zero-order valence-corrected chi connectivity index (χ0v) is 13.0. The molecule has 1 amide bonds. The Morgan fingerprint density at radius 3 is 2.55 bits per heavy atom. The Morgan fingerprint density at radius 1 is 1.25 bits per heavy atom. The maximum absolute atomic E-state index is 12.3. The molecule has 7 heteroatoms. The number of nitrogens with one attached hydrogen (secondary N) is 1. The average Bonchev–Trinajstić information content (AvgIpc) is 3.15. The molecule has 0 spiro atoms. The molecule has 1 heterocycles. The van der Waals surface area contributed by atoms with Crippen molar-refractivity contribution >= 4 is 16.1 Å². The van der Waals surface area contributed by atoms with Crippen molar-refractivity contribution in [2.24, 2.45) is 0 Å². The predicted molar refractivity (Wildman–Crippen MR) is 75.9 cm³/mol. The molecule has 1 aliphatic carbocycles. The minimum atomic E-state index is -3.16. The maximum atomic E-state index is 12.3. The second-order valence-corrected chi connectivity index (χ2v) is 8.11. The van der Waals surface area contributed by atoms with Crippen LogP contribution in [0.5, 0.6) is 0 Å². The van der Waals surface area contributed by atoms with E-state index >= 15 is 0 Å². The van der Waals surface area contributed by atoms with Crippen molar-refractivity contribution in [2.45, 2.75) is 63.3 Å². The summed E-state index contributed by atoms with van der Waals surface area (Å²) in [6.45, 7) is 4.51. The molecule has 0 radical (unpaired) electrons. The molecule has 20 heavy (non-hydrogen) atoms. The van der Waals surface area contributed by atoms with E-state index in [-0.39, 0.29) is 17.4 Å². The zero-order valence-electron chi connectivity index (χ0n) is 12.2. The number of ether oxygens (including phenoxy) is 1. The summed E-state index contributed by atoms with van der Waals surface area (Å²) in [6, 6.07) is -0.155. The lowest BCUT2D eigenvalue weighted by molar-refractivity contribution is 0.111. The molecule has 1 N–H and O–H groups in total. The lowest BCUT2D eigenvalue weighted by Gasteiger charge is -2.24. The highest BCUT2D eigenvalue weighted by Gasteiger charge is 2.41. The Labute approximate surface area is 120 Å². The van der Waals surface area contributed by atoms with E-state index in [1.54, 1.807) is 18.2 Å². The number of amides is 1. The van der Waals surface area contributed by atoms with Crippen LogP contribution in [0.1, 0.15) is 46.0 Å². The smallest absolute Gasteiger partial charge is 0.407 e. The molecular formula is C13H24N2O4S. The van der Waals surface area contributed by atoms with E-state index in [4.69, 9.17) is 4.74 Å². The fourth-order valence-electron chi connectivity index (χ4n) is 2.45. The van der Waals surface area contributed by atoms with Gasteiger partial charge in [-0.15, -0.1) is 0 Å². The number of hydrogen-bond acceptors (Lipinski definition) is 4. The molecular weight excluding hydrogens is 280 g/mol. The molecule has 0 aromatic heterocycles. The fourth-order valence-corrected chi connectivity index (χ4v) is 4.37. The highest BCUT2D eigenvalue weighted by molar-refractivity contribution is 7.90. The van der Waals surface area contributed by atoms with E-state index in [9.17, 15) is 13.2 Å². The number of hydrogen-bond donors (Lipinski definition) is 1. The first-order valence-electron chi connectivity index (χ1n) is 7.35. The van der Waals surface area contributed by atoms with Gasteiger partial charge in [-0.2, -0.15) is 4.31 Å². The van der Waals surface area contributed by atoms with E-state index in [1.165, 1.54) is 0 Å². The number of alkyl carbamates (subject to hydrolysis) is 1. The summed E-state index contributed by atoms with van der Waals surface area (Å²) >= 11 is 0. The van der Waals surface area contributed by atoms with E-state index < -0.39 is 16.1 Å². The summed E-state index contributed by atoms with van der Waals surface area (Å²) in [5.74, 6) is 0. The van der Waals surface area contributed by atoms with Gasteiger partial charge in [0.05, 0.1) is 11.4 Å². The molecule has 1 unspecified atom stereocenters. The van der Waals surface area contributed by atoms with Gasteiger partial charge in [0, 0.05) is 19.1 Å². The molecule has 1 atom stereocenters. The molecule has 2 aliphatic rings. The average molecular weight is 304 g/mol. The van der Waals surface area contributed by atoms with Crippen molar-refractivity contribution in [1.82, 2.24) is 9.62 Å². The summed E-state index contributed by atoms with van der Waals surface area (Å²) in [7, 11) is -3.16. The first kappa shape index (κ1) is 15.6. The van der Waals surface area contributed by atoms with Crippen LogP contribution in [0, 0.1) is 0 Å². The lowest BCUT2D eigenvalue weighted by atomic mass is 10.1. The van der Waals surface area contributed by atoms with Crippen molar-refractivity contribution in [3.63, 3.8) is 0 Å². The Balaban J connectivity index is 1.95. The van der Waals surface area contributed by atoms with Gasteiger partial charge in [-0.3, -0.25) is 0 Å². The first-order valence-corrected chi connectivity index (χ1v) is 8.86. The van der Waals surface area contributed by atoms with Crippen LogP contribution >= 0.6 is 0 Å². The van der Waals surface area contributed by atoms with Crippen molar-refractivity contribution in [3.8, 4) is 0 Å². The normalized spacial score (nSPS) is 25.2. The highest BCUT2D eigenvalue weighted by Crippen LogP contribution is 2.32. The Kier molecular flexibility index (Phi) is 4.90. The van der Waals surface area contributed by atoms with Crippen LogP contribution in [-0.2, 0) is 14.8 Å². The Morgan fingerprint density at radius 2 is 1.95 bits per heavy atom. The van der Waals surface area contributed by atoms with Gasteiger partial charge in [-0.1, -0.05) is 6.42 Å². The molecule has 2 fully saturated rings. The number of nitrogens with zero attached hydrogens (tertiary/aromatic N) is 1. The number of carbonyl (C=O) groups is 1. The number of sulfonamides is 1. The molecule has 2 rings (SSSR count). The van der Waals surface area contributed by atoms with E-state index in [2.05, 4.69) is 5.32 Å². The van der Waals surface area contributed by atoms with Crippen LogP contribution in [0.4, 0.5) is 4.79 Å². The molecule has 1 aliphatic heterocycles. The maximum Gasteiger partial charge on any atom is 0.407 e. The summed E-state index contributed by atoms with van der Waals surface area (Å²) < 4.78 is 31.2. The van der Waals surface area contributed by atoms with Crippen molar-refractivity contribution in [2.75, 3.05) is 13.1 Å². The SMILES string of the molecule is CC(C)OC(=O)NC1CCCCN(S(=O)(=O)C2CC2)C1. The van der Waals surface area contributed by atoms with Crippen LogP contribution < -0.4 is 5.32 Å². The van der Waals surface area contributed by atoms with Gasteiger partial charge in [0.15, 0.2) is 0 Å². The minimum absolute atomic E-state index is 0.155. The van der Waals surface area contributed by atoms with E-state index in [0.717, 1.165) is 32.1 Å². The third-order valence-electron chi connectivity index (χ3n) is 3.60. The van der Waals surface area contributed by atoms with Gasteiger partial charge in [0.1, 0.15) is 0 Å². The fraction of sp³-hybridized carbons (Fsp3) is 0.923. The molecule has 116 valence electrons. The summed E-state index contributed by atoms with van der Waals surface area (Å²) in [5.41, 5.74) is 0. The topological polar surface area (TPSA) is 75.7 Å². The summed E-state index contributed by atoms with van der Waals surface area (Å²) in [6.07, 6.45) is 3.47. The van der Waals surface area contributed by atoms with Crippen LogP contribution in [-0.4, -0.2) is 49.3 Å².